The van der Waals surface area contributed by atoms with Gasteiger partial charge in [-0.05, 0) is 43.7 Å². The molecule has 0 unspecified atom stereocenters. The van der Waals surface area contributed by atoms with E-state index < -0.39 is 26.7 Å². The van der Waals surface area contributed by atoms with Crippen LogP contribution in [0.15, 0.2) is 54.6 Å². The number of para-hydroxylation sites is 1. The highest BCUT2D eigenvalue weighted by Gasteiger charge is 2.20. The van der Waals surface area contributed by atoms with Gasteiger partial charge in [0.1, 0.15) is 17.3 Å². The Bertz CT molecular complexity index is 768. The summed E-state index contributed by atoms with van der Waals surface area (Å²) in [5, 5.41) is 2.06. The first-order valence-corrected chi connectivity index (χ1v) is 9.38. The predicted molar refractivity (Wildman–Crippen MR) is 93.7 cm³/mol. The van der Waals surface area contributed by atoms with Gasteiger partial charge < -0.3 is 10.1 Å². The summed E-state index contributed by atoms with van der Waals surface area (Å²) in [7, 11) is -3.38. The summed E-state index contributed by atoms with van der Waals surface area (Å²) in [6, 6.07) is 16.7. The van der Waals surface area contributed by atoms with Crippen LogP contribution in [0.3, 0.4) is 0 Å². The third-order valence-corrected chi connectivity index (χ3v) is 5.54. The Balaban J connectivity index is 1.87. The van der Waals surface area contributed by atoms with Gasteiger partial charge in [0.15, 0.2) is 9.84 Å². The molecule has 1 N–H and O–H groups in total. The summed E-state index contributed by atoms with van der Waals surface area (Å²) >= 11 is 0. The van der Waals surface area contributed by atoms with Crippen molar-refractivity contribution in [3.63, 3.8) is 0 Å². The van der Waals surface area contributed by atoms with Crippen molar-refractivity contribution in [2.75, 3.05) is 5.75 Å². The summed E-state index contributed by atoms with van der Waals surface area (Å²) in [4.78, 5) is 11.7. The SMILES string of the molecule is CC(C)S(=O)(=O)CC(=O)NCc1ccc(Oc2ccccc2)cc1. The topological polar surface area (TPSA) is 72.5 Å². The van der Waals surface area contributed by atoms with E-state index in [1.807, 2.05) is 42.5 Å². The highest BCUT2D eigenvalue weighted by molar-refractivity contribution is 7.92. The molecule has 24 heavy (non-hydrogen) atoms. The summed E-state index contributed by atoms with van der Waals surface area (Å²) in [5.74, 6) is 0.462. The number of carbonyl (C=O) groups is 1. The monoisotopic (exact) mass is 347 g/mol. The van der Waals surface area contributed by atoms with E-state index >= 15 is 0 Å². The second-order valence-electron chi connectivity index (χ2n) is 5.69. The largest absolute Gasteiger partial charge is 0.457 e. The van der Waals surface area contributed by atoms with Gasteiger partial charge in [0.05, 0.1) is 5.25 Å². The maximum atomic E-state index is 11.7. The van der Waals surface area contributed by atoms with Crippen LogP contribution in [0.5, 0.6) is 11.5 Å². The Morgan fingerprint density at radius 2 is 1.58 bits per heavy atom. The minimum absolute atomic E-state index is 0.276. The highest BCUT2D eigenvalue weighted by atomic mass is 32.2. The van der Waals surface area contributed by atoms with Crippen LogP contribution in [0.1, 0.15) is 19.4 Å². The van der Waals surface area contributed by atoms with Crippen LogP contribution < -0.4 is 10.1 Å². The second-order valence-corrected chi connectivity index (χ2v) is 8.25. The van der Waals surface area contributed by atoms with Crippen LogP contribution in [0.4, 0.5) is 0 Å². The number of nitrogens with one attached hydrogen (secondary N) is 1. The van der Waals surface area contributed by atoms with E-state index in [4.69, 9.17) is 4.74 Å². The Morgan fingerprint density at radius 1 is 1.00 bits per heavy atom. The van der Waals surface area contributed by atoms with Crippen molar-refractivity contribution in [2.24, 2.45) is 0 Å². The number of benzene rings is 2. The number of amides is 1. The van der Waals surface area contributed by atoms with E-state index in [1.54, 1.807) is 26.0 Å². The van der Waals surface area contributed by atoms with Crippen LogP contribution >= 0.6 is 0 Å². The summed E-state index contributed by atoms with van der Waals surface area (Å²) in [6.07, 6.45) is 0. The first-order chi connectivity index (χ1) is 11.4. The van der Waals surface area contributed by atoms with Gasteiger partial charge >= 0.3 is 0 Å². The lowest BCUT2D eigenvalue weighted by Gasteiger charge is -2.09. The Hall–Kier alpha value is -2.34. The second kappa shape index (κ2) is 7.97. The minimum atomic E-state index is -3.38. The third kappa shape index (κ3) is 5.38. The van der Waals surface area contributed by atoms with E-state index in [2.05, 4.69) is 5.32 Å². The van der Waals surface area contributed by atoms with Crippen molar-refractivity contribution in [1.82, 2.24) is 5.32 Å². The Kier molecular flexibility index (Phi) is 5.98. The van der Waals surface area contributed by atoms with Crippen LogP contribution in [-0.2, 0) is 21.2 Å². The molecule has 0 bridgehead atoms. The van der Waals surface area contributed by atoms with Gasteiger partial charge in [0.25, 0.3) is 0 Å². The normalized spacial score (nSPS) is 11.3. The van der Waals surface area contributed by atoms with Crippen LogP contribution in [0, 0.1) is 0 Å². The van der Waals surface area contributed by atoms with Crippen LogP contribution in [0.2, 0.25) is 0 Å². The molecule has 0 aliphatic rings. The molecule has 2 aromatic carbocycles. The average Bonchev–Trinajstić information content (AvgIpc) is 2.54. The molecule has 0 heterocycles. The minimum Gasteiger partial charge on any atom is -0.457 e. The number of hydrogen-bond donors (Lipinski definition) is 1. The molecule has 0 radical (unpaired) electrons. The lowest BCUT2D eigenvalue weighted by Crippen LogP contribution is -2.32. The molecule has 0 saturated heterocycles. The third-order valence-electron chi connectivity index (χ3n) is 3.44. The maximum Gasteiger partial charge on any atom is 0.235 e. The quantitative estimate of drug-likeness (QED) is 0.836. The summed E-state index contributed by atoms with van der Waals surface area (Å²) in [6.45, 7) is 3.40. The van der Waals surface area contributed by atoms with E-state index in [-0.39, 0.29) is 6.54 Å². The van der Waals surface area contributed by atoms with E-state index in [0.717, 1.165) is 11.3 Å². The van der Waals surface area contributed by atoms with Gasteiger partial charge in [0, 0.05) is 6.54 Å². The number of hydrogen-bond acceptors (Lipinski definition) is 4. The van der Waals surface area contributed by atoms with Crippen LogP contribution in [-0.4, -0.2) is 25.3 Å². The average molecular weight is 347 g/mol. The standard InChI is InChI=1S/C18H21NO4S/c1-14(2)24(21,22)13-18(20)19-12-15-8-10-17(11-9-15)23-16-6-4-3-5-7-16/h3-11,14H,12-13H2,1-2H3,(H,19,20). The number of sulfone groups is 1. The van der Waals surface area contributed by atoms with Gasteiger partial charge in [-0.25, -0.2) is 8.42 Å². The molecule has 0 spiro atoms. The fraction of sp³-hybridized carbons (Fsp3) is 0.278. The number of rotatable bonds is 7. The highest BCUT2D eigenvalue weighted by Crippen LogP contribution is 2.21. The van der Waals surface area contributed by atoms with E-state index in [9.17, 15) is 13.2 Å². The summed E-state index contributed by atoms with van der Waals surface area (Å²) in [5.41, 5.74) is 0.866. The molecule has 0 saturated carbocycles. The Morgan fingerprint density at radius 3 is 2.17 bits per heavy atom. The number of carbonyl (C=O) groups excluding carboxylic acids is 1. The molecule has 0 aliphatic heterocycles. The van der Waals surface area contributed by atoms with Gasteiger partial charge in [-0.3, -0.25) is 4.79 Å². The zero-order valence-electron chi connectivity index (χ0n) is 13.7. The maximum absolute atomic E-state index is 11.7. The molecular weight excluding hydrogens is 326 g/mol. The van der Waals surface area contributed by atoms with Gasteiger partial charge in [-0.15, -0.1) is 0 Å². The smallest absolute Gasteiger partial charge is 0.235 e. The van der Waals surface area contributed by atoms with Crippen LogP contribution in [0.25, 0.3) is 0 Å². The lowest BCUT2D eigenvalue weighted by molar-refractivity contribution is -0.118. The lowest BCUT2D eigenvalue weighted by atomic mass is 10.2. The first-order valence-electron chi connectivity index (χ1n) is 7.67. The van der Waals surface area contributed by atoms with E-state index in [1.165, 1.54) is 0 Å². The van der Waals surface area contributed by atoms with Gasteiger partial charge in [0.2, 0.25) is 5.91 Å². The molecule has 0 aromatic heterocycles. The summed E-state index contributed by atoms with van der Waals surface area (Å²) < 4.78 is 29.1. The molecule has 0 fully saturated rings. The molecule has 0 atom stereocenters. The first kappa shape index (κ1) is 18.0. The molecular formula is C18H21NO4S. The molecule has 1 amide bonds. The predicted octanol–water partition coefficient (Wildman–Crippen LogP) is 2.92. The van der Waals surface area contributed by atoms with Crippen molar-refractivity contribution in [3.05, 3.63) is 60.2 Å². The fourth-order valence-corrected chi connectivity index (χ4v) is 2.70. The molecule has 0 aliphatic carbocycles. The molecule has 128 valence electrons. The number of ether oxygens (including phenoxy) is 1. The van der Waals surface area contributed by atoms with Crippen molar-refractivity contribution >= 4 is 15.7 Å². The Labute approximate surface area is 142 Å². The zero-order valence-corrected chi connectivity index (χ0v) is 14.5. The molecule has 2 aromatic rings. The van der Waals surface area contributed by atoms with Gasteiger partial charge in [-0.1, -0.05) is 30.3 Å². The van der Waals surface area contributed by atoms with Crippen molar-refractivity contribution < 1.29 is 17.9 Å². The fourth-order valence-electron chi connectivity index (χ4n) is 1.90. The molecule has 6 heteroatoms. The van der Waals surface area contributed by atoms with E-state index in [0.29, 0.717) is 5.75 Å². The molecule has 2 rings (SSSR count). The zero-order chi connectivity index (χ0) is 17.6. The van der Waals surface area contributed by atoms with Gasteiger partial charge in [-0.2, -0.15) is 0 Å². The van der Waals surface area contributed by atoms with Crippen molar-refractivity contribution in [2.45, 2.75) is 25.6 Å². The van der Waals surface area contributed by atoms with Crippen molar-refractivity contribution in [3.8, 4) is 11.5 Å². The van der Waals surface area contributed by atoms with Crippen molar-refractivity contribution in [1.29, 1.82) is 0 Å². The molecule has 5 nitrogen and oxygen atoms in total.